The number of hydrogen-bond donors (Lipinski definition) is 0. The lowest BCUT2D eigenvalue weighted by atomic mass is 9.87. The van der Waals surface area contributed by atoms with Gasteiger partial charge in [-0.15, -0.1) is 18.3 Å². The Labute approximate surface area is 299 Å². The molecule has 0 saturated heterocycles. The Balaban J connectivity index is 1.70. The quantitative estimate of drug-likeness (QED) is 0.0861. The van der Waals surface area contributed by atoms with Crippen molar-refractivity contribution in [2.75, 3.05) is 16.9 Å². The normalized spacial score (nSPS) is 16.3. The lowest BCUT2D eigenvalue weighted by molar-refractivity contribution is -0.274. The number of methoxy groups -OCH3 is 1. The highest BCUT2D eigenvalue weighted by Gasteiger charge is 2.41. The van der Waals surface area contributed by atoms with Crippen molar-refractivity contribution in [2.45, 2.75) is 108 Å². The summed E-state index contributed by atoms with van der Waals surface area (Å²) in [6.45, 7) is 1.13. The second kappa shape index (κ2) is 17.0. The van der Waals surface area contributed by atoms with Crippen LogP contribution in [0, 0.1) is 0 Å². The largest absolute Gasteiger partial charge is 0.573 e. The van der Waals surface area contributed by atoms with E-state index in [0.29, 0.717) is 44.2 Å². The minimum absolute atomic E-state index is 0.00570. The molecular weight excluding hydrogens is 727 g/mol. The summed E-state index contributed by atoms with van der Waals surface area (Å²) >= 11 is 0. The summed E-state index contributed by atoms with van der Waals surface area (Å²) in [7, 11) is 2.70. The number of hydrogen-bond acceptors (Lipinski definition) is 8. The van der Waals surface area contributed by atoms with E-state index in [9.17, 15) is 49.1 Å². The van der Waals surface area contributed by atoms with Crippen LogP contribution in [-0.4, -0.2) is 51.6 Å². The second-order valence-corrected chi connectivity index (χ2v) is 12.7. The molecule has 0 saturated carbocycles. The van der Waals surface area contributed by atoms with Crippen LogP contribution < -0.4 is 14.5 Å². The van der Waals surface area contributed by atoms with Gasteiger partial charge in [-0.25, -0.2) is 0 Å². The van der Waals surface area contributed by atoms with Crippen molar-refractivity contribution in [1.82, 2.24) is 20.2 Å². The fraction of sp³-hybridized carbons (Fsp3) is 0.559. The highest BCUT2D eigenvalue weighted by atomic mass is 19.4. The van der Waals surface area contributed by atoms with E-state index in [0.717, 1.165) is 36.2 Å². The highest BCUT2D eigenvalue weighted by Crippen LogP contribution is 2.46. The van der Waals surface area contributed by atoms with Crippen molar-refractivity contribution < 1.29 is 58.6 Å². The van der Waals surface area contributed by atoms with Crippen LogP contribution in [0.1, 0.15) is 99.4 Å². The maximum atomic E-state index is 13.8. The Morgan fingerprint density at radius 1 is 0.868 bits per heavy atom. The van der Waals surface area contributed by atoms with Crippen molar-refractivity contribution in [3.05, 3.63) is 58.7 Å². The predicted molar refractivity (Wildman–Crippen MR) is 172 cm³/mol. The molecule has 1 aromatic heterocycles. The number of tetrazole rings is 1. The number of benzene rings is 2. The van der Waals surface area contributed by atoms with Gasteiger partial charge in [0.2, 0.25) is 5.91 Å². The lowest BCUT2D eigenvalue weighted by Gasteiger charge is -2.44. The summed E-state index contributed by atoms with van der Waals surface area (Å²) in [5, 5.41) is 11.8. The first-order valence-electron chi connectivity index (χ1n) is 16.9. The van der Waals surface area contributed by atoms with Crippen molar-refractivity contribution in [3.8, 4) is 5.75 Å². The smallest absolute Gasteiger partial charge is 0.469 e. The van der Waals surface area contributed by atoms with Gasteiger partial charge in [-0.3, -0.25) is 9.59 Å². The van der Waals surface area contributed by atoms with Crippen LogP contribution in [0.25, 0.3) is 0 Å². The van der Waals surface area contributed by atoms with Crippen molar-refractivity contribution in [3.63, 3.8) is 0 Å². The number of unbranched alkanes of at least 4 members (excludes halogenated alkanes) is 5. The molecule has 0 N–H and O–H groups in total. The average molecular weight is 767 g/mol. The molecule has 19 heteroatoms. The number of carbonyl (C=O) groups excluding carboxylic acids is 2. The summed E-state index contributed by atoms with van der Waals surface area (Å²) in [4.78, 5) is 28.8. The first kappa shape index (κ1) is 41.2. The molecule has 1 amide bonds. The van der Waals surface area contributed by atoms with Crippen molar-refractivity contribution in [1.29, 1.82) is 0 Å². The van der Waals surface area contributed by atoms with Gasteiger partial charge >= 0.3 is 24.7 Å². The maximum Gasteiger partial charge on any atom is 0.573 e. The summed E-state index contributed by atoms with van der Waals surface area (Å²) in [6.07, 6.45) is -10.3. The van der Waals surface area contributed by atoms with E-state index in [4.69, 9.17) is 0 Å². The van der Waals surface area contributed by atoms with E-state index >= 15 is 0 Å². The molecule has 1 aliphatic heterocycles. The van der Waals surface area contributed by atoms with E-state index < -0.39 is 59.8 Å². The SMILES string of the molecule is CC[C@@H]1C[C@H](N(Cc2cc(C(F)(F)F)cc(C(F)(F)F)c2)c2nnn(C)n2)c2cc(OC(F)(F)F)ccc2N1C(=O)CCCCCCCCC(=O)OC. The first-order valence-corrected chi connectivity index (χ1v) is 16.9. The van der Waals surface area contributed by atoms with E-state index in [-0.39, 0.29) is 48.0 Å². The van der Waals surface area contributed by atoms with Gasteiger partial charge in [0.05, 0.1) is 31.3 Å². The monoisotopic (exact) mass is 766 g/mol. The topological polar surface area (TPSA) is 103 Å². The number of rotatable bonds is 15. The Morgan fingerprint density at radius 2 is 1.47 bits per heavy atom. The number of halogens is 9. The highest BCUT2D eigenvalue weighted by molar-refractivity contribution is 5.95. The molecule has 3 aromatic rings. The van der Waals surface area contributed by atoms with E-state index in [1.807, 2.05) is 0 Å². The Morgan fingerprint density at radius 3 is 2.00 bits per heavy atom. The van der Waals surface area contributed by atoms with Crippen LogP contribution >= 0.6 is 0 Å². The molecule has 2 atom stereocenters. The van der Waals surface area contributed by atoms with E-state index in [1.165, 1.54) is 30.0 Å². The Bertz CT molecular complexity index is 1680. The van der Waals surface area contributed by atoms with Crippen LogP contribution in [0.2, 0.25) is 0 Å². The fourth-order valence-electron chi connectivity index (χ4n) is 6.38. The van der Waals surface area contributed by atoms with Crippen LogP contribution in [0.3, 0.4) is 0 Å². The third kappa shape index (κ3) is 11.2. The summed E-state index contributed by atoms with van der Waals surface area (Å²) in [5.74, 6) is -1.48. The van der Waals surface area contributed by atoms with Gasteiger partial charge in [0.25, 0.3) is 5.95 Å². The van der Waals surface area contributed by atoms with Crippen molar-refractivity contribution in [2.24, 2.45) is 7.05 Å². The predicted octanol–water partition coefficient (Wildman–Crippen LogP) is 8.70. The second-order valence-electron chi connectivity index (χ2n) is 12.7. The molecule has 1 aliphatic rings. The summed E-state index contributed by atoms with van der Waals surface area (Å²) < 4.78 is 132. The molecule has 292 valence electrons. The third-order valence-corrected chi connectivity index (χ3v) is 8.83. The fourth-order valence-corrected chi connectivity index (χ4v) is 6.38. The number of alkyl halides is 9. The zero-order chi connectivity index (χ0) is 39.1. The number of ether oxygens (including phenoxy) is 2. The molecule has 53 heavy (non-hydrogen) atoms. The van der Waals surface area contributed by atoms with Gasteiger partial charge in [-0.1, -0.05) is 37.7 Å². The number of aryl methyl sites for hydroxylation is 1. The number of aromatic nitrogens is 4. The Hall–Kier alpha value is -4.58. The molecule has 0 spiro atoms. The molecule has 2 heterocycles. The van der Waals surface area contributed by atoms with E-state index in [1.54, 1.807) is 6.92 Å². The summed E-state index contributed by atoms with van der Waals surface area (Å²) in [5.41, 5.74) is -3.25. The lowest BCUT2D eigenvalue weighted by Crippen LogP contribution is -2.47. The molecule has 0 fully saturated rings. The van der Waals surface area contributed by atoms with Crippen LogP contribution in [0.5, 0.6) is 5.75 Å². The average Bonchev–Trinajstić information content (AvgIpc) is 3.51. The number of fused-ring (bicyclic) bond motifs is 1. The number of amides is 1. The van der Waals surface area contributed by atoms with Crippen LogP contribution in [0.15, 0.2) is 36.4 Å². The van der Waals surface area contributed by atoms with Gasteiger partial charge in [0.1, 0.15) is 5.75 Å². The molecule has 0 unspecified atom stereocenters. The van der Waals surface area contributed by atoms with Gasteiger partial charge in [-0.05, 0) is 72.9 Å². The molecule has 0 aliphatic carbocycles. The van der Waals surface area contributed by atoms with Gasteiger partial charge in [0.15, 0.2) is 0 Å². The van der Waals surface area contributed by atoms with Gasteiger partial charge in [-0.2, -0.15) is 31.1 Å². The molecule has 4 rings (SSSR count). The third-order valence-electron chi connectivity index (χ3n) is 8.83. The molecule has 0 radical (unpaired) electrons. The molecule has 2 aromatic carbocycles. The van der Waals surface area contributed by atoms with Crippen LogP contribution in [0.4, 0.5) is 51.1 Å². The van der Waals surface area contributed by atoms with Gasteiger partial charge in [0, 0.05) is 36.7 Å². The minimum Gasteiger partial charge on any atom is -0.469 e. The van der Waals surface area contributed by atoms with Crippen molar-refractivity contribution >= 4 is 23.5 Å². The van der Waals surface area contributed by atoms with Crippen LogP contribution in [-0.2, 0) is 40.3 Å². The first-order chi connectivity index (χ1) is 24.8. The van der Waals surface area contributed by atoms with Gasteiger partial charge < -0.3 is 19.3 Å². The van der Waals surface area contributed by atoms with E-state index in [2.05, 4.69) is 24.9 Å². The maximum absolute atomic E-state index is 13.8. The number of anilines is 2. The molecule has 0 bridgehead atoms. The number of carbonyl (C=O) groups is 2. The zero-order valence-electron chi connectivity index (χ0n) is 29.1. The number of nitrogens with zero attached hydrogens (tertiary/aromatic N) is 6. The molecular formula is C34H39F9N6O4. The Kier molecular flexibility index (Phi) is 13.2. The number of esters is 1. The standard InChI is InChI=1S/C34H39F9N6O4/c1-4-24-18-28(48(31-44-46-47(2)45-31)20-21-15-22(32(35,36)37)17-23(16-21)33(38,39)40)26-19-25(53-34(41,42)43)13-14-27(26)49(24)29(50)11-9-7-5-6-8-10-12-30(51)52-3/h13-17,19,24,28H,4-12,18,20H2,1-3H3/t24-,28+/m1/s1. The zero-order valence-corrected chi connectivity index (χ0v) is 29.1. The summed E-state index contributed by atoms with van der Waals surface area (Å²) in [6, 6.07) is 2.81. The molecule has 10 nitrogen and oxygen atoms in total. The minimum atomic E-state index is -5.13.